The number of nitrogens with one attached hydrogen (secondary N) is 1. The number of benzene rings is 1. The number of hydrogen-bond donors (Lipinski definition) is 1. The first-order valence-corrected chi connectivity index (χ1v) is 7.97. The van der Waals surface area contributed by atoms with E-state index in [9.17, 15) is 9.18 Å². The first-order valence-electron chi connectivity index (χ1n) is 7.15. The van der Waals surface area contributed by atoms with Gasteiger partial charge in [0.2, 0.25) is 5.91 Å². The van der Waals surface area contributed by atoms with Gasteiger partial charge in [-0.1, -0.05) is 12.1 Å². The van der Waals surface area contributed by atoms with Gasteiger partial charge in [0.1, 0.15) is 5.82 Å². The Hall–Kier alpha value is -2.54. The van der Waals surface area contributed by atoms with Gasteiger partial charge in [-0.3, -0.25) is 9.48 Å². The van der Waals surface area contributed by atoms with Crippen molar-refractivity contribution in [2.75, 3.05) is 5.32 Å². The van der Waals surface area contributed by atoms with E-state index < -0.39 is 0 Å². The summed E-state index contributed by atoms with van der Waals surface area (Å²) in [7, 11) is 0. The molecule has 118 valence electrons. The number of thiazole rings is 1. The van der Waals surface area contributed by atoms with Crippen molar-refractivity contribution in [1.29, 1.82) is 0 Å². The van der Waals surface area contributed by atoms with E-state index in [0.29, 0.717) is 24.5 Å². The van der Waals surface area contributed by atoms with Crippen LogP contribution in [0.1, 0.15) is 16.9 Å². The molecule has 0 bridgehead atoms. The maximum Gasteiger partial charge on any atom is 0.228 e. The van der Waals surface area contributed by atoms with Crippen LogP contribution in [0.2, 0.25) is 0 Å². The summed E-state index contributed by atoms with van der Waals surface area (Å²) in [5.41, 5.74) is 1.01. The van der Waals surface area contributed by atoms with Gasteiger partial charge in [0.15, 0.2) is 5.13 Å². The van der Waals surface area contributed by atoms with E-state index in [0.717, 1.165) is 10.4 Å². The van der Waals surface area contributed by atoms with E-state index >= 15 is 0 Å². The van der Waals surface area contributed by atoms with Gasteiger partial charge in [0, 0.05) is 42.9 Å². The van der Waals surface area contributed by atoms with E-state index in [1.807, 2.05) is 12.3 Å². The van der Waals surface area contributed by atoms with Crippen LogP contribution in [0.3, 0.4) is 0 Å². The Morgan fingerprint density at radius 3 is 2.87 bits per heavy atom. The molecule has 1 N–H and O–H groups in total. The van der Waals surface area contributed by atoms with Crippen LogP contribution < -0.4 is 5.32 Å². The lowest BCUT2D eigenvalue weighted by Gasteiger charge is -2.02. The molecule has 1 amide bonds. The normalized spacial score (nSPS) is 10.7. The average Bonchev–Trinajstić information content (AvgIpc) is 3.20. The van der Waals surface area contributed by atoms with Crippen LogP contribution in [-0.4, -0.2) is 20.7 Å². The second-order valence-electron chi connectivity index (χ2n) is 5.00. The van der Waals surface area contributed by atoms with Crippen LogP contribution in [0, 0.1) is 5.82 Å². The minimum Gasteiger partial charge on any atom is -0.302 e. The van der Waals surface area contributed by atoms with Crippen molar-refractivity contribution in [3.8, 4) is 0 Å². The van der Waals surface area contributed by atoms with Crippen molar-refractivity contribution in [2.24, 2.45) is 0 Å². The maximum absolute atomic E-state index is 12.9. The Balaban J connectivity index is 1.52. The predicted octanol–water partition coefficient (Wildman–Crippen LogP) is 3.10. The fraction of sp³-hybridized carbons (Fsp3) is 0.188. The Kier molecular flexibility index (Phi) is 4.77. The van der Waals surface area contributed by atoms with E-state index in [2.05, 4.69) is 15.4 Å². The van der Waals surface area contributed by atoms with Crippen LogP contribution >= 0.6 is 11.3 Å². The molecule has 23 heavy (non-hydrogen) atoms. The summed E-state index contributed by atoms with van der Waals surface area (Å²) in [6, 6.07) is 8.19. The molecule has 7 heteroatoms. The number of rotatable bonds is 6. The number of carbonyl (C=O) groups excluding carboxylic acids is 1. The van der Waals surface area contributed by atoms with Gasteiger partial charge in [-0.2, -0.15) is 5.10 Å². The quantitative estimate of drug-likeness (QED) is 0.755. The Morgan fingerprint density at radius 2 is 2.13 bits per heavy atom. The van der Waals surface area contributed by atoms with Crippen LogP contribution in [0.4, 0.5) is 9.52 Å². The summed E-state index contributed by atoms with van der Waals surface area (Å²) in [4.78, 5) is 17.1. The Morgan fingerprint density at radius 1 is 1.30 bits per heavy atom. The second kappa shape index (κ2) is 7.15. The van der Waals surface area contributed by atoms with E-state index in [1.54, 1.807) is 29.2 Å². The van der Waals surface area contributed by atoms with Crippen molar-refractivity contribution in [3.05, 3.63) is 65.2 Å². The highest BCUT2D eigenvalue weighted by Gasteiger charge is 2.08. The van der Waals surface area contributed by atoms with Crippen molar-refractivity contribution in [1.82, 2.24) is 14.8 Å². The van der Waals surface area contributed by atoms with Crippen LogP contribution in [0.25, 0.3) is 0 Å². The molecule has 0 fully saturated rings. The topological polar surface area (TPSA) is 59.8 Å². The van der Waals surface area contributed by atoms with Gasteiger partial charge in [0.05, 0.1) is 0 Å². The zero-order chi connectivity index (χ0) is 16.1. The number of aromatic nitrogens is 3. The van der Waals surface area contributed by atoms with Gasteiger partial charge in [-0.05, 0) is 23.8 Å². The Bertz CT molecular complexity index is 768. The molecule has 2 aromatic heterocycles. The molecule has 0 saturated heterocycles. The molecule has 0 radical (unpaired) electrons. The molecule has 3 aromatic rings. The summed E-state index contributed by atoms with van der Waals surface area (Å²) in [6.45, 7) is 0.534. The Labute approximate surface area is 136 Å². The highest BCUT2D eigenvalue weighted by atomic mass is 32.1. The molecule has 0 aliphatic rings. The molecule has 0 saturated carbocycles. The zero-order valence-electron chi connectivity index (χ0n) is 12.3. The highest BCUT2D eigenvalue weighted by Crippen LogP contribution is 2.21. The number of aryl methyl sites for hydroxylation is 1. The number of amides is 1. The molecule has 0 atom stereocenters. The van der Waals surface area contributed by atoms with E-state index in [1.165, 1.54) is 23.5 Å². The highest BCUT2D eigenvalue weighted by molar-refractivity contribution is 7.15. The van der Waals surface area contributed by atoms with Crippen molar-refractivity contribution < 1.29 is 9.18 Å². The molecule has 3 rings (SSSR count). The van der Waals surface area contributed by atoms with Crippen molar-refractivity contribution in [3.63, 3.8) is 0 Å². The number of anilines is 1. The number of nitrogens with zero attached hydrogens (tertiary/aromatic N) is 3. The molecule has 0 aliphatic heterocycles. The maximum atomic E-state index is 12.9. The molecular weight excluding hydrogens is 315 g/mol. The molecule has 2 heterocycles. The van der Waals surface area contributed by atoms with Gasteiger partial charge >= 0.3 is 0 Å². The third-order valence-corrected chi connectivity index (χ3v) is 4.13. The minimum atomic E-state index is -0.247. The smallest absolute Gasteiger partial charge is 0.228 e. The lowest BCUT2D eigenvalue weighted by atomic mass is 10.1. The number of carbonyl (C=O) groups is 1. The molecule has 1 aromatic carbocycles. The zero-order valence-corrected chi connectivity index (χ0v) is 13.1. The first kappa shape index (κ1) is 15.4. The largest absolute Gasteiger partial charge is 0.302 e. The second-order valence-corrected chi connectivity index (χ2v) is 6.12. The van der Waals surface area contributed by atoms with E-state index in [4.69, 9.17) is 0 Å². The van der Waals surface area contributed by atoms with Crippen molar-refractivity contribution >= 4 is 22.4 Å². The summed E-state index contributed by atoms with van der Waals surface area (Å²) < 4.78 is 14.6. The van der Waals surface area contributed by atoms with Crippen LogP contribution in [-0.2, 0) is 17.8 Å². The summed E-state index contributed by atoms with van der Waals surface area (Å²) >= 11 is 1.42. The summed E-state index contributed by atoms with van der Waals surface area (Å²) in [6.07, 6.45) is 6.24. The van der Waals surface area contributed by atoms with Crippen molar-refractivity contribution in [2.45, 2.75) is 19.4 Å². The average molecular weight is 330 g/mol. The van der Waals surface area contributed by atoms with E-state index in [-0.39, 0.29) is 11.7 Å². The predicted molar refractivity (Wildman–Crippen MR) is 86.8 cm³/mol. The summed E-state index contributed by atoms with van der Waals surface area (Å²) in [5, 5.41) is 7.41. The monoisotopic (exact) mass is 330 g/mol. The standard InChI is InChI=1S/C16H15FN4OS/c17-13-4-2-12(3-5-13)10-14-11-18-16(23-14)20-15(22)6-9-21-8-1-7-19-21/h1-5,7-8,11H,6,9-10H2,(H,18,20,22). The fourth-order valence-electron chi connectivity index (χ4n) is 2.08. The lowest BCUT2D eigenvalue weighted by molar-refractivity contribution is -0.116. The molecule has 0 unspecified atom stereocenters. The van der Waals surface area contributed by atoms with Gasteiger partial charge in [0.25, 0.3) is 0 Å². The number of halogens is 1. The van der Waals surface area contributed by atoms with Gasteiger partial charge in [-0.25, -0.2) is 9.37 Å². The number of hydrogen-bond acceptors (Lipinski definition) is 4. The third-order valence-electron chi connectivity index (χ3n) is 3.22. The minimum absolute atomic E-state index is 0.0943. The van der Waals surface area contributed by atoms with Gasteiger partial charge < -0.3 is 5.32 Å². The fourth-order valence-corrected chi connectivity index (χ4v) is 2.94. The molecular formula is C16H15FN4OS. The molecule has 0 spiro atoms. The van der Waals surface area contributed by atoms with Crippen LogP contribution in [0.15, 0.2) is 48.9 Å². The SMILES string of the molecule is O=C(CCn1cccn1)Nc1ncc(Cc2ccc(F)cc2)s1. The van der Waals surface area contributed by atoms with Gasteiger partial charge in [-0.15, -0.1) is 11.3 Å². The molecule has 5 nitrogen and oxygen atoms in total. The van der Waals surface area contributed by atoms with Crippen LogP contribution in [0.5, 0.6) is 0 Å². The summed E-state index contributed by atoms with van der Waals surface area (Å²) in [5.74, 6) is -0.341. The third kappa shape index (κ3) is 4.46. The lowest BCUT2D eigenvalue weighted by Crippen LogP contribution is -2.14. The first-order chi connectivity index (χ1) is 11.2. The molecule has 0 aliphatic carbocycles.